The van der Waals surface area contributed by atoms with Crippen LogP contribution in [-0.4, -0.2) is 76.5 Å². The summed E-state index contributed by atoms with van der Waals surface area (Å²) in [7, 11) is 0. The Kier molecular flexibility index (Phi) is 11.0. The van der Waals surface area contributed by atoms with Crippen molar-refractivity contribution in [2.75, 3.05) is 13.1 Å². The molecule has 2 rings (SSSR count). The SMILES string of the molecule is CC(C)(C)OC(=O)NC(Cc1ccccc1)C(=O)NCC(=O)NC(CCCCN1C(=O)C=CC1=O)C(=O)O. The minimum atomic E-state index is -1.26. The number of hydrogen-bond donors (Lipinski definition) is 4. The predicted molar refractivity (Wildman–Crippen MR) is 136 cm³/mol. The summed E-state index contributed by atoms with van der Waals surface area (Å²) >= 11 is 0. The van der Waals surface area contributed by atoms with E-state index in [0.717, 1.165) is 10.5 Å². The van der Waals surface area contributed by atoms with E-state index in [2.05, 4.69) is 16.0 Å². The van der Waals surface area contributed by atoms with Crippen molar-refractivity contribution in [3.05, 3.63) is 48.0 Å². The monoisotopic (exact) mass is 530 g/mol. The van der Waals surface area contributed by atoms with Crippen LogP contribution >= 0.6 is 0 Å². The molecule has 0 aromatic heterocycles. The number of imide groups is 1. The minimum absolute atomic E-state index is 0.0650. The number of carboxylic acid groups (broad SMARTS) is 1. The van der Waals surface area contributed by atoms with Gasteiger partial charge in [-0.3, -0.25) is 24.1 Å². The zero-order valence-electron chi connectivity index (χ0n) is 21.7. The van der Waals surface area contributed by atoms with E-state index >= 15 is 0 Å². The van der Waals surface area contributed by atoms with Gasteiger partial charge >= 0.3 is 12.1 Å². The molecule has 0 fully saturated rings. The fourth-order valence-corrected chi connectivity index (χ4v) is 3.57. The first-order valence-corrected chi connectivity index (χ1v) is 12.2. The number of carbonyl (C=O) groups is 6. The van der Waals surface area contributed by atoms with E-state index in [0.29, 0.717) is 12.8 Å². The summed E-state index contributed by atoms with van der Waals surface area (Å²) < 4.78 is 5.23. The molecule has 0 aliphatic carbocycles. The van der Waals surface area contributed by atoms with Crippen molar-refractivity contribution in [3.63, 3.8) is 0 Å². The number of hydrogen-bond acceptors (Lipinski definition) is 7. The Morgan fingerprint density at radius 2 is 1.58 bits per heavy atom. The Morgan fingerprint density at radius 3 is 2.16 bits per heavy atom. The van der Waals surface area contributed by atoms with Gasteiger partial charge in [0.25, 0.3) is 11.8 Å². The number of alkyl carbamates (subject to hydrolysis) is 1. The van der Waals surface area contributed by atoms with Gasteiger partial charge in [0.15, 0.2) is 0 Å². The molecule has 2 unspecified atom stereocenters. The first-order valence-electron chi connectivity index (χ1n) is 12.2. The highest BCUT2D eigenvalue weighted by Crippen LogP contribution is 2.10. The third-order valence-corrected chi connectivity index (χ3v) is 5.37. The van der Waals surface area contributed by atoms with Crippen molar-refractivity contribution < 1.29 is 38.6 Å². The Labute approximate surface area is 220 Å². The van der Waals surface area contributed by atoms with Crippen LogP contribution in [0, 0.1) is 0 Å². The minimum Gasteiger partial charge on any atom is -0.480 e. The van der Waals surface area contributed by atoms with E-state index in [1.54, 1.807) is 45.0 Å². The van der Waals surface area contributed by atoms with E-state index in [1.807, 2.05) is 6.07 Å². The summed E-state index contributed by atoms with van der Waals surface area (Å²) in [4.78, 5) is 73.2. The van der Waals surface area contributed by atoms with Crippen molar-refractivity contribution in [2.24, 2.45) is 0 Å². The molecule has 1 aliphatic rings. The Hall–Kier alpha value is -4.22. The standard InChI is InChI=1S/C26H34N4O8/c1-26(2,3)38-25(37)29-19(15-17-9-5-4-6-10-17)23(34)27-16-20(31)28-18(24(35)36)11-7-8-14-30-21(32)12-13-22(30)33/h4-6,9-10,12-13,18-19H,7-8,11,14-16H2,1-3H3,(H,27,34)(H,28,31)(H,29,37)(H,35,36). The summed E-state index contributed by atoms with van der Waals surface area (Å²) in [5.74, 6) is -3.46. The highest BCUT2D eigenvalue weighted by molar-refractivity contribution is 6.12. The van der Waals surface area contributed by atoms with Crippen LogP contribution in [0.1, 0.15) is 45.6 Å². The Bertz CT molecular complexity index is 1050. The van der Waals surface area contributed by atoms with Gasteiger partial charge in [0.2, 0.25) is 11.8 Å². The van der Waals surface area contributed by atoms with Crippen LogP contribution in [0.15, 0.2) is 42.5 Å². The van der Waals surface area contributed by atoms with Crippen LogP contribution in [0.2, 0.25) is 0 Å². The van der Waals surface area contributed by atoms with Crippen LogP contribution in [0.25, 0.3) is 0 Å². The molecule has 2 atom stereocenters. The molecule has 0 saturated heterocycles. The van der Waals surface area contributed by atoms with Gasteiger partial charge in [-0.2, -0.15) is 0 Å². The quantitative estimate of drug-likeness (QED) is 0.215. The molecular weight excluding hydrogens is 496 g/mol. The lowest BCUT2D eigenvalue weighted by molar-refractivity contribution is -0.142. The second kappa shape index (κ2) is 13.9. The largest absolute Gasteiger partial charge is 0.480 e. The molecule has 0 saturated carbocycles. The molecule has 0 radical (unpaired) electrons. The third kappa shape index (κ3) is 10.4. The van der Waals surface area contributed by atoms with Crippen LogP contribution < -0.4 is 16.0 Å². The first kappa shape index (κ1) is 30.0. The van der Waals surface area contributed by atoms with Crippen LogP contribution in [0.4, 0.5) is 4.79 Å². The van der Waals surface area contributed by atoms with Crippen molar-refractivity contribution >= 4 is 35.7 Å². The molecule has 0 bridgehead atoms. The van der Waals surface area contributed by atoms with E-state index in [-0.39, 0.29) is 19.4 Å². The number of unbranched alkanes of at least 4 members (excludes halogenated alkanes) is 1. The van der Waals surface area contributed by atoms with E-state index in [4.69, 9.17) is 4.74 Å². The van der Waals surface area contributed by atoms with Crippen molar-refractivity contribution in [1.82, 2.24) is 20.9 Å². The van der Waals surface area contributed by atoms with Gasteiger partial charge in [0.05, 0.1) is 6.54 Å². The van der Waals surface area contributed by atoms with Crippen LogP contribution in [-0.2, 0) is 35.1 Å². The average molecular weight is 531 g/mol. The van der Waals surface area contributed by atoms with Crippen molar-refractivity contribution in [1.29, 1.82) is 0 Å². The highest BCUT2D eigenvalue weighted by Gasteiger charge is 2.26. The predicted octanol–water partition coefficient (Wildman–Crippen LogP) is 0.903. The van der Waals surface area contributed by atoms with Gasteiger partial charge in [-0.05, 0) is 45.6 Å². The van der Waals surface area contributed by atoms with Crippen molar-refractivity contribution in [2.45, 2.75) is 64.1 Å². The molecule has 1 aromatic carbocycles. The number of carbonyl (C=O) groups excluding carboxylic acids is 5. The number of nitrogens with one attached hydrogen (secondary N) is 3. The molecule has 12 nitrogen and oxygen atoms in total. The average Bonchev–Trinajstić information content (AvgIpc) is 3.15. The highest BCUT2D eigenvalue weighted by atomic mass is 16.6. The van der Waals surface area contributed by atoms with Crippen molar-refractivity contribution in [3.8, 4) is 0 Å². The summed E-state index contributed by atoms with van der Waals surface area (Å²) in [6, 6.07) is 6.69. The number of carboxylic acids is 1. The lowest BCUT2D eigenvalue weighted by Gasteiger charge is -2.23. The molecule has 1 heterocycles. The van der Waals surface area contributed by atoms with Gasteiger partial charge in [-0.25, -0.2) is 9.59 Å². The maximum absolute atomic E-state index is 12.8. The van der Waals surface area contributed by atoms with E-state index in [1.165, 1.54) is 12.2 Å². The van der Waals surface area contributed by atoms with E-state index < -0.39 is 59.9 Å². The lowest BCUT2D eigenvalue weighted by atomic mass is 10.1. The molecular formula is C26H34N4O8. The summed E-state index contributed by atoms with van der Waals surface area (Å²) in [6.45, 7) is 4.70. The van der Waals surface area contributed by atoms with Gasteiger partial charge in [0.1, 0.15) is 17.7 Å². The number of rotatable bonds is 13. The zero-order valence-corrected chi connectivity index (χ0v) is 21.7. The normalized spacial score (nSPS) is 14.6. The number of ether oxygens (including phenoxy) is 1. The topological polar surface area (TPSA) is 171 Å². The van der Waals surface area contributed by atoms with Gasteiger partial charge in [-0.15, -0.1) is 0 Å². The smallest absolute Gasteiger partial charge is 0.408 e. The van der Waals surface area contributed by atoms with Crippen LogP contribution in [0.3, 0.4) is 0 Å². The molecule has 0 spiro atoms. The second-order valence-corrected chi connectivity index (χ2v) is 9.72. The maximum Gasteiger partial charge on any atom is 0.408 e. The number of benzene rings is 1. The Balaban J connectivity index is 1.87. The molecule has 5 amide bonds. The molecule has 12 heteroatoms. The number of aliphatic carboxylic acids is 1. The Morgan fingerprint density at radius 1 is 0.947 bits per heavy atom. The first-order chi connectivity index (χ1) is 17.9. The lowest BCUT2D eigenvalue weighted by Crippen LogP contribution is -2.52. The summed E-state index contributed by atoms with van der Waals surface area (Å²) in [5.41, 5.74) is -0.00720. The zero-order chi connectivity index (χ0) is 28.3. The summed E-state index contributed by atoms with van der Waals surface area (Å²) in [5, 5.41) is 16.7. The number of amides is 5. The van der Waals surface area contributed by atoms with E-state index in [9.17, 15) is 33.9 Å². The van der Waals surface area contributed by atoms with Crippen LogP contribution in [0.5, 0.6) is 0 Å². The van der Waals surface area contributed by atoms with Gasteiger partial charge < -0.3 is 25.8 Å². The molecule has 1 aliphatic heterocycles. The molecule has 38 heavy (non-hydrogen) atoms. The number of nitrogens with zero attached hydrogens (tertiary/aromatic N) is 1. The molecule has 206 valence electrons. The van der Waals surface area contributed by atoms with Gasteiger partial charge in [0, 0.05) is 25.1 Å². The molecule has 4 N–H and O–H groups in total. The second-order valence-electron chi connectivity index (χ2n) is 9.72. The third-order valence-electron chi connectivity index (χ3n) is 5.37. The molecule has 1 aromatic rings. The fraction of sp³-hybridized carbons (Fsp3) is 0.462. The maximum atomic E-state index is 12.8. The summed E-state index contributed by atoms with van der Waals surface area (Å²) in [6.07, 6.45) is 2.46. The van der Waals surface area contributed by atoms with Gasteiger partial charge in [-0.1, -0.05) is 30.3 Å². The fourth-order valence-electron chi connectivity index (χ4n) is 3.57.